The van der Waals surface area contributed by atoms with Gasteiger partial charge in [-0.25, -0.2) is 4.98 Å². The minimum absolute atomic E-state index is 1.00. The highest BCUT2D eigenvalue weighted by molar-refractivity contribution is 7.15. The minimum Gasteiger partial charge on any atom is -0.276 e. The van der Waals surface area contributed by atoms with Crippen LogP contribution < -0.4 is 5.32 Å². The van der Waals surface area contributed by atoms with E-state index in [1.165, 1.54) is 0 Å². The van der Waals surface area contributed by atoms with E-state index in [0.717, 1.165) is 10.0 Å². The number of nitrogens with zero attached hydrogens (tertiary/aromatic N) is 2. The van der Waals surface area contributed by atoms with Crippen LogP contribution in [0.5, 0.6) is 0 Å². The van der Waals surface area contributed by atoms with Gasteiger partial charge in [0.25, 0.3) is 0 Å². The van der Waals surface area contributed by atoms with E-state index in [9.17, 15) is 0 Å². The Morgan fingerprint density at radius 1 is 1.75 bits per heavy atom. The van der Waals surface area contributed by atoms with Crippen LogP contribution in [0, 0.1) is 6.92 Å². The van der Waals surface area contributed by atoms with Gasteiger partial charge in [-0.15, -0.1) is 11.3 Å². The minimum atomic E-state index is 1.00. The lowest BCUT2D eigenvalue weighted by molar-refractivity contribution is 1.11. The smallest absolute Gasteiger partial charge is 0.130 e. The molecule has 0 aliphatic carbocycles. The summed E-state index contributed by atoms with van der Waals surface area (Å²) >= 11 is 1.61. The summed E-state index contributed by atoms with van der Waals surface area (Å²) < 4.78 is 0. The maximum Gasteiger partial charge on any atom is 0.130 e. The van der Waals surface area contributed by atoms with Gasteiger partial charge in [0.1, 0.15) is 5.00 Å². The van der Waals surface area contributed by atoms with E-state index < -0.39 is 0 Å². The number of rotatable bonds is 1. The van der Waals surface area contributed by atoms with Crippen molar-refractivity contribution in [2.24, 2.45) is 0 Å². The summed E-state index contributed by atoms with van der Waals surface area (Å²) in [4.78, 5) is 4.01. The van der Waals surface area contributed by atoms with Gasteiger partial charge in [0.2, 0.25) is 0 Å². The van der Waals surface area contributed by atoms with Crippen LogP contribution >= 0.6 is 11.3 Å². The molecule has 0 N–H and O–H groups in total. The SMILES string of the molecule is C[N]c1cnc(C)s1. The Morgan fingerprint density at radius 3 is 2.75 bits per heavy atom. The zero-order valence-electron chi connectivity index (χ0n) is 4.88. The fraction of sp³-hybridized carbons (Fsp3) is 0.400. The second-order valence-electron chi connectivity index (χ2n) is 1.44. The van der Waals surface area contributed by atoms with Gasteiger partial charge in [0.05, 0.1) is 11.2 Å². The summed E-state index contributed by atoms with van der Waals surface area (Å²) in [6.07, 6.45) is 1.78. The molecular weight excluding hydrogens is 120 g/mol. The van der Waals surface area contributed by atoms with Crippen molar-refractivity contribution < 1.29 is 0 Å². The average Bonchev–Trinajstić information content (AvgIpc) is 2.14. The Hall–Kier alpha value is -0.570. The van der Waals surface area contributed by atoms with Crippen molar-refractivity contribution in [3.8, 4) is 0 Å². The van der Waals surface area contributed by atoms with Gasteiger partial charge in [-0.2, -0.15) is 0 Å². The first-order valence-corrected chi connectivity index (χ1v) is 3.17. The number of hydrogen-bond acceptors (Lipinski definition) is 2. The molecule has 1 aromatic rings. The standard InChI is InChI=1S/C5H7N2S/c1-4-7-3-5(6-2)8-4/h3H,1-2H3. The molecule has 0 saturated carbocycles. The summed E-state index contributed by atoms with van der Waals surface area (Å²) in [6.45, 7) is 1.97. The third kappa shape index (κ3) is 0.980. The second-order valence-corrected chi connectivity index (χ2v) is 2.65. The molecule has 1 aromatic heterocycles. The monoisotopic (exact) mass is 127 g/mol. The molecule has 0 spiro atoms. The molecule has 8 heavy (non-hydrogen) atoms. The van der Waals surface area contributed by atoms with Crippen molar-refractivity contribution in [3.63, 3.8) is 0 Å². The maximum atomic E-state index is 4.01. The van der Waals surface area contributed by atoms with Crippen LogP contribution in [0.15, 0.2) is 6.20 Å². The van der Waals surface area contributed by atoms with E-state index >= 15 is 0 Å². The Morgan fingerprint density at radius 2 is 2.50 bits per heavy atom. The van der Waals surface area contributed by atoms with E-state index in [0.29, 0.717) is 0 Å². The molecule has 43 valence electrons. The Kier molecular flexibility index (Phi) is 1.48. The van der Waals surface area contributed by atoms with Gasteiger partial charge >= 0.3 is 0 Å². The van der Waals surface area contributed by atoms with Gasteiger partial charge in [0, 0.05) is 7.05 Å². The van der Waals surface area contributed by atoms with Crippen LogP contribution in [0.4, 0.5) is 5.00 Å². The van der Waals surface area contributed by atoms with E-state index in [4.69, 9.17) is 0 Å². The van der Waals surface area contributed by atoms with Crippen molar-refractivity contribution in [2.45, 2.75) is 6.92 Å². The molecule has 3 heteroatoms. The first-order valence-electron chi connectivity index (χ1n) is 2.35. The van der Waals surface area contributed by atoms with Crippen molar-refractivity contribution in [1.29, 1.82) is 0 Å². The van der Waals surface area contributed by atoms with Gasteiger partial charge < -0.3 is 0 Å². The lowest BCUT2D eigenvalue weighted by atomic mass is 10.8. The fourth-order valence-electron chi connectivity index (χ4n) is 0.454. The largest absolute Gasteiger partial charge is 0.276 e. The van der Waals surface area contributed by atoms with Gasteiger partial charge in [-0.3, -0.25) is 5.32 Å². The van der Waals surface area contributed by atoms with Crippen LogP contribution in [0.2, 0.25) is 0 Å². The molecule has 0 aromatic carbocycles. The van der Waals surface area contributed by atoms with Gasteiger partial charge in [0.15, 0.2) is 0 Å². The summed E-state index contributed by atoms with van der Waals surface area (Å²) in [5, 5.41) is 6.02. The average molecular weight is 127 g/mol. The highest BCUT2D eigenvalue weighted by Gasteiger charge is 1.91. The van der Waals surface area contributed by atoms with Crippen molar-refractivity contribution in [1.82, 2.24) is 10.3 Å². The lowest BCUT2D eigenvalue weighted by Crippen LogP contribution is -1.78. The normalized spacial score (nSPS) is 9.25. The molecule has 0 saturated heterocycles. The molecule has 0 bridgehead atoms. The molecule has 1 rings (SSSR count). The van der Waals surface area contributed by atoms with Crippen LogP contribution in [-0.2, 0) is 0 Å². The van der Waals surface area contributed by atoms with Crippen molar-refractivity contribution in [3.05, 3.63) is 11.2 Å². The highest BCUT2D eigenvalue weighted by atomic mass is 32.1. The number of hydrogen-bond donors (Lipinski definition) is 0. The lowest BCUT2D eigenvalue weighted by Gasteiger charge is -1.80. The first kappa shape index (κ1) is 5.56. The summed E-state index contributed by atoms with van der Waals surface area (Å²) in [5.41, 5.74) is 0. The summed E-state index contributed by atoms with van der Waals surface area (Å²) in [5.74, 6) is 0. The molecule has 1 heterocycles. The van der Waals surface area contributed by atoms with Crippen LogP contribution in [0.3, 0.4) is 0 Å². The molecule has 0 amide bonds. The van der Waals surface area contributed by atoms with Crippen LogP contribution in [0.25, 0.3) is 0 Å². The number of aryl methyl sites for hydroxylation is 1. The zero-order chi connectivity index (χ0) is 5.98. The third-order valence-corrected chi connectivity index (χ3v) is 1.73. The summed E-state index contributed by atoms with van der Waals surface area (Å²) in [7, 11) is 1.77. The Labute approximate surface area is 52.6 Å². The molecule has 0 fully saturated rings. The fourth-order valence-corrected chi connectivity index (χ4v) is 1.06. The zero-order valence-corrected chi connectivity index (χ0v) is 5.70. The summed E-state index contributed by atoms with van der Waals surface area (Å²) in [6, 6.07) is 0. The second kappa shape index (κ2) is 2.13. The third-order valence-electron chi connectivity index (χ3n) is 0.829. The molecule has 0 aliphatic rings. The molecular formula is C5H7N2S. The van der Waals surface area contributed by atoms with E-state index in [1.54, 1.807) is 24.6 Å². The topological polar surface area (TPSA) is 27.0 Å². The van der Waals surface area contributed by atoms with E-state index in [-0.39, 0.29) is 0 Å². The molecule has 0 atom stereocenters. The molecule has 2 nitrogen and oxygen atoms in total. The quantitative estimate of drug-likeness (QED) is 0.559. The van der Waals surface area contributed by atoms with E-state index in [2.05, 4.69) is 10.3 Å². The predicted molar refractivity (Wildman–Crippen MR) is 34.6 cm³/mol. The van der Waals surface area contributed by atoms with Crippen LogP contribution in [-0.4, -0.2) is 12.0 Å². The van der Waals surface area contributed by atoms with E-state index in [1.807, 2.05) is 6.92 Å². The highest BCUT2D eigenvalue weighted by Crippen LogP contribution is 2.15. The number of aromatic nitrogens is 1. The first-order chi connectivity index (χ1) is 3.83. The molecule has 0 aliphatic heterocycles. The number of thiazole rings is 1. The maximum absolute atomic E-state index is 4.01. The van der Waals surface area contributed by atoms with Gasteiger partial charge in [-0.05, 0) is 6.92 Å². The predicted octanol–water partition coefficient (Wildman–Crippen LogP) is 1.32. The Balaban J connectivity index is 2.84. The molecule has 1 radical (unpaired) electrons. The Bertz CT molecular complexity index is 171. The van der Waals surface area contributed by atoms with Crippen molar-refractivity contribution >= 4 is 16.3 Å². The molecule has 0 unspecified atom stereocenters. The van der Waals surface area contributed by atoms with Crippen molar-refractivity contribution in [2.75, 3.05) is 7.05 Å². The van der Waals surface area contributed by atoms with Crippen LogP contribution in [0.1, 0.15) is 5.01 Å². The van der Waals surface area contributed by atoms with Gasteiger partial charge in [-0.1, -0.05) is 0 Å².